The molecule has 0 amide bonds. The quantitative estimate of drug-likeness (QED) is 0.911. The normalized spacial score (nSPS) is 13.2. The van der Waals surface area contributed by atoms with Crippen LogP contribution < -0.4 is 0 Å². The maximum atomic E-state index is 9.50. The van der Waals surface area contributed by atoms with E-state index in [4.69, 9.17) is 0 Å². The van der Waals surface area contributed by atoms with Gasteiger partial charge >= 0.3 is 0 Å². The first-order valence-corrected chi connectivity index (χ1v) is 7.45. The van der Waals surface area contributed by atoms with Crippen LogP contribution in [-0.2, 0) is 0 Å². The van der Waals surface area contributed by atoms with Gasteiger partial charge in [0.2, 0.25) is 0 Å². The van der Waals surface area contributed by atoms with E-state index in [2.05, 4.69) is 30.3 Å². The van der Waals surface area contributed by atoms with Crippen LogP contribution in [0.3, 0.4) is 0 Å². The van der Waals surface area contributed by atoms with Gasteiger partial charge in [0.25, 0.3) is 0 Å². The number of thiazole rings is 1. The van der Waals surface area contributed by atoms with E-state index in [1.807, 2.05) is 13.0 Å². The van der Waals surface area contributed by atoms with Gasteiger partial charge in [0, 0.05) is 10.8 Å². The average Bonchev–Trinajstić information content (AvgIpc) is 2.89. The van der Waals surface area contributed by atoms with Crippen molar-refractivity contribution >= 4 is 22.7 Å². The van der Waals surface area contributed by atoms with Crippen LogP contribution >= 0.6 is 22.7 Å². The van der Waals surface area contributed by atoms with Crippen LogP contribution in [-0.4, -0.2) is 16.7 Å². The van der Waals surface area contributed by atoms with Crippen LogP contribution in [0, 0.1) is 12.8 Å². The number of thiophene rings is 1. The molecule has 2 aromatic heterocycles. The SMILES string of the molecule is Cc1nc(-c2cccs2)sc1C(CO)C(C)C. The number of nitrogens with zero attached hydrogens (tertiary/aromatic N) is 1. The topological polar surface area (TPSA) is 33.1 Å². The smallest absolute Gasteiger partial charge is 0.133 e. The zero-order valence-electron chi connectivity index (χ0n) is 10.3. The van der Waals surface area contributed by atoms with Crippen LogP contribution in [0.5, 0.6) is 0 Å². The summed E-state index contributed by atoms with van der Waals surface area (Å²) in [4.78, 5) is 7.06. The fourth-order valence-corrected chi connectivity index (χ4v) is 3.98. The van der Waals surface area contributed by atoms with Crippen molar-refractivity contribution in [1.82, 2.24) is 4.98 Å². The molecule has 0 aliphatic carbocycles. The van der Waals surface area contributed by atoms with E-state index in [0.717, 1.165) is 10.7 Å². The van der Waals surface area contributed by atoms with Crippen LogP contribution in [0.2, 0.25) is 0 Å². The highest BCUT2D eigenvalue weighted by Gasteiger charge is 2.21. The number of rotatable bonds is 4. The van der Waals surface area contributed by atoms with Crippen molar-refractivity contribution in [3.63, 3.8) is 0 Å². The minimum atomic E-state index is 0.199. The van der Waals surface area contributed by atoms with Gasteiger partial charge in [-0.1, -0.05) is 19.9 Å². The van der Waals surface area contributed by atoms with E-state index in [0.29, 0.717) is 5.92 Å². The molecule has 0 fully saturated rings. The van der Waals surface area contributed by atoms with Gasteiger partial charge in [0.05, 0.1) is 17.2 Å². The third-order valence-electron chi connectivity index (χ3n) is 2.90. The molecular formula is C13H17NOS2. The molecule has 2 heterocycles. The third-order valence-corrected chi connectivity index (χ3v) is 5.23. The maximum absolute atomic E-state index is 9.50. The summed E-state index contributed by atoms with van der Waals surface area (Å²) in [6.45, 7) is 6.52. The zero-order valence-corrected chi connectivity index (χ0v) is 11.9. The Kier molecular flexibility index (Phi) is 3.97. The van der Waals surface area contributed by atoms with Gasteiger partial charge in [0.1, 0.15) is 5.01 Å². The Morgan fingerprint density at radius 2 is 2.18 bits per heavy atom. The first-order chi connectivity index (χ1) is 8.13. The molecule has 17 heavy (non-hydrogen) atoms. The molecule has 2 aromatic rings. The summed E-state index contributed by atoms with van der Waals surface area (Å²) in [6, 6.07) is 4.14. The summed E-state index contributed by atoms with van der Waals surface area (Å²) in [5.41, 5.74) is 1.06. The van der Waals surface area contributed by atoms with Crippen LogP contribution in [0.4, 0.5) is 0 Å². The fourth-order valence-electron chi connectivity index (χ4n) is 1.85. The van der Waals surface area contributed by atoms with Crippen molar-refractivity contribution in [3.05, 3.63) is 28.1 Å². The van der Waals surface area contributed by atoms with Crippen molar-refractivity contribution in [2.75, 3.05) is 6.61 Å². The van der Waals surface area contributed by atoms with Crippen LogP contribution in [0.15, 0.2) is 17.5 Å². The maximum Gasteiger partial charge on any atom is 0.133 e. The molecule has 0 saturated heterocycles. The Morgan fingerprint density at radius 3 is 2.71 bits per heavy atom. The molecule has 0 aliphatic rings. The molecule has 92 valence electrons. The van der Waals surface area contributed by atoms with E-state index in [9.17, 15) is 5.11 Å². The van der Waals surface area contributed by atoms with E-state index in [1.165, 1.54) is 9.75 Å². The molecular weight excluding hydrogens is 250 g/mol. The summed E-state index contributed by atoms with van der Waals surface area (Å²) in [7, 11) is 0. The number of aliphatic hydroxyl groups excluding tert-OH is 1. The first kappa shape index (κ1) is 12.7. The van der Waals surface area contributed by atoms with Gasteiger partial charge < -0.3 is 5.11 Å². The second kappa shape index (κ2) is 5.29. The molecule has 1 atom stereocenters. The highest BCUT2D eigenvalue weighted by Crippen LogP contribution is 2.37. The Hall–Kier alpha value is -0.710. The number of aliphatic hydroxyl groups is 1. The second-order valence-electron chi connectivity index (χ2n) is 4.48. The summed E-state index contributed by atoms with van der Waals surface area (Å²) in [5.74, 6) is 0.650. The Bertz CT molecular complexity index is 474. The van der Waals surface area contributed by atoms with Crippen molar-refractivity contribution in [3.8, 4) is 9.88 Å². The number of hydrogen-bond acceptors (Lipinski definition) is 4. The van der Waals surface area contributed by atoms with Crippen molar-refractivity contribution in [2.45, 2.75) is 26.7 Å². The van der Waals surface area contributed by atoms with Crippen molar-refractivity contribution in [1.29, 1.82) is 0 Å². The minimum absolute atomic E-state index is 0.199. The molecule has 0 aromatic carbocycles. The lowest BCUT2D eigenvalue weighted by molar-refractivity contribution is 0.239. The Labute approximate surface area is 110 Å². The molecule has 0 radical (unpaired) electrons. The van der Waals surface area contributed by atoms with Crippen molar-refractivity contribution < 1.29 is 5.11 Å². The van der Waals surface area contributed by atoms with Crippen molar-refractivity contribution in [2.24, 2.45) is 5.92 Å². The van der Waals surface area contributed by atoms with Gasteiger partial charge in [-0.25, -0.2) is 4.98 Å². The molecule has 0 bridgehead atoms. The standard InChI is InChI=1S/C13H17NOS2/c1-8(2)10(7-15)12-9(3)14-13(17-12)11-5-4-6-16-11/h4-6,8,10,15H,7H2,1-3H3. The highest BCUT2D eigenvalue weighted by molar-refractivity contribution is 7.21. The first-order valence-electron chi connectivity index (χ1n) is 5.75. The van der Waals surface area contributed by atoms with E-state index in [-0.39, 0.29) is 12.5 Å². The molecule has 2 nitrogen and oxygen atoms in total. The second-order valence-corrected chi connectivity index (χ2v) is 6.46. The zero-order chi connectivity index (χ0) is 12.4. The number of hydrogen-bond donors (Lipinski definition) is 1. The molecule has 2 rings (SSSR count). The molecule has 0 aliphatic heterocycles. The lowest BCUT2D eigenvalue weighted by Gasteiger charge is -2.16. The van der Waals surface area contributed by atoms with Gasteiger partial charge in [0.15, 0.2) is 0 Å². The summed E-state index contributed by atoms with van der Waals surface area (Å²) in [5, 5.41) is 12.6. The monoisotopic (exact) mass is 267 g/mol. The predicted molar refractivity (Wildman–Crippen MR) is 74.8 cm³/mol. The van der Waals surface area contributed by atoms with E-state index >= 15 is 0 Å². The highest BCUT2D eigenvalue weighted by atomic mass is 32.1. The van der Waals surface area contributed by atoms with Gasteiger partial charge in [-0.05, 0) is 24.3 Å². The third kappa shape index (κ3) is 2.59. The summed E-state index contributed by atoms with van der Waals surface area (Å²) < 4.78 is 0. The van der Waals surface area contributed by atoms with Gasteiger partial charge in [-0.2, -0.15) is 0 Å². The summed E-state index contributed by atoms with van der Waals surface area (Å²) >= 11 is 3.43. The van der Waals surface area contributed by atoms with E-state index in [1.54, 1.807) is 22.7 Å². The van der Waals surface area contributed by atoms with Gasteiger partial charge in [-0.15, -0.1) is 22.7 Å². The summed E-state index contributed by atoms with van der Waals surface area (Å²) in [6.07, 6.45) is 0. The van der Waals surface area contributed by atoms with E-state index < -0.39 is 0 Å². The number of aromatic nitrogens is 1. The van der Waals surface area contributed by atoms with Crippen LogP contribution in [0.1, 0.15) is 30.3 Å². The minimum Gasteiger partial charge on any atom is -0.396 e. The molecule has 4 heteroatoms. The predicted octanol–water partition coefficient (Wildman–Crippen LogP) is 3.91. The fraction of sp³-hybridized carbons (Fsp3) is 0.462. The molecule has 1 N–H and O–H groups in total. The largest absolute Gasteiger partial charge is 0.396 e. The molecule has 1 unspecified atom stereocenters. The Balaban J connectivity index is 2.37. The van der Waals surface area contributed by atoms with Crippen LogP contribution in [0.25, 0.3) is 9.88 Å². The van der Waals surface area contributed by atoms with Gasteiger partial charge in [-0.3, -0.25) is 0 Å². The molecule has 0 saturated carbocycles. The molecule has 0 spiro atoms. The lowest BCUT2D eigenvalue weighted by atomic mass is 9.94. The Morgan fingerprint density at radius 1 is 1.41 bits per heavy atom. The lowest BCUT2D eigenvalue weighted by Crippen LogP contribution is -2.10. The number of aryl methyl sites for hydroxylation is 1. The average molecular weight is 267 g/mol.